The number of nitrogens with two attached hydrogens (primary N) is 1. The molecule has 0 spiro atoms. The molecule has 0 aliphatic carbocycles. The van der Waals surface area contributed by atoms with Gasteiger partial charge in [-0.05, 0) is 12.1 Å². The molecule has 2 aromatic heterocycles. The van der Waals surface area contributed by atoms with Crippen molar-refractivity contribution in [3.05, 3.63) is 42.7 Å². The number of anilines is 1. The second-order valence-corrected chi connectivity index (χ2v) is 3.53. The van der Waals surface area contributed by atoms with Gasteiger partial charge in [0.2, 0.25) is 0 Å². The van der Waals surface area contributed by atoms with E-state index < -0.39 is 0 Å². The quantitative estimate of drug-likeness (QED) is 0.792. The van der Waals surface area contributed by atoms with Crippen molar-refractivity contribution in [1.82, 2.24) is 19.9 Å². The Hall–Kier alpha value is -2.37. The van der Waals surface area contributed by atoms with E-state index in [1.807, 2.05) is 10.8 Å². The predicted molar refractivity (Wildman–Crippen MR) is 63.2 cm³/mol. The summed E-state index contributed by atoms with van der Waals surface area (Å²) in [6, 6.07) is 3.25. The van der Waals surface area contributed by atoms with Gasteiger partial charge in [0.15, 0.2) is 0 Å². The van der Waals surface area contributed by atoms with Crippen LogP contribution in [0, 0.1) is 0 Å². The van der Waals surface area contributed by atoms with Crippen LogP contribution in [0.5, 0.6) is 0 Å². The molecule has 0 fully saturated rings. The fourth-order valence-corrected chi connectivity index (χ4v) is 1.35. The number of imidazole rings is 1. The van der Waals surface area contributed by atoms with Crippen molar-refractivity contribution >= 4 is 11.6 Å². The molecule has 0 unspecified atom stereocenters. The lowest BCUT2D eigenvalue weighted by Crippen LogP contribution is -2.27. The first-order chi connectivity index (χ1) is 8.25. The number of nitrogen functional groups attached to an aromatic ring is 1. The molecule has 0 atom stereocenters. The Morgan fingerprint density at radius 3 is 3.00 bits per heavy atom. The van der Waals surface area contributed by atoms with Crippen LogP contribution in [0.1, 0.15) is 10.5 Å². The van der Waals surface area contributed by atoms with E-state index in [-0.39, 0.29) is 5.91 Å². The monoisotopic (exact) mass is 231 g/mol. The molecular weight excluding hydrogens is 218 g/mol. The summed E-state index contributed by atoms with van der Waals surface area (Å²) in [4.78, 5) is 19.5. The zero-order valence-corrected chi connectivity index (χ0v) is 9.21. The number of carbonyl (C=O) groups is 1. The van der Waals surface area contributed by atoms with Gasteiger partial charge in [-0.3, -0.25) is 4.79 Å². The third-order valence-corrected chi connectivity index (χ3v) is 2.23. The minimum atomic E-state index is -0.204. The smallest absolute Gasteiger partial charge is 0.269 e. The number of hydrogen-bond donors (Lipinski definition) is 2. The maximum atomic E-state index is 11.6. The van der Waals surface area contributed by atoms with Gasteiger partial charge in [-0.1, -0.05) is 0 Å². The lowest BCUT2D eigenvalue weighted by molar-refractivity contribution is 0.0947. The molecule has 2 heterocycles. The van der Waals surface area contributed by atoms with Gasteiger partial charge in [0.1, 0.15) is 5.69 Å². The van der Waals surface area contributed by atoms with Gasteiger partial charge in [0, 0.05) is 25.5 Å². The summed E-state index contributed by atoms with van der Waals surface area (Å²) in [5.74, 6) is -0.204. The van der Waals surface area contributed by atoms with E-state index in [1.165, 1.54) is 6.20 Å². The number of aromatic nitrogens is 3. The summed E-state index contributed by atoms with van der Waals surface area (Å²) in [5, 5.41) is 2.77. The van der Waals surface area contributed by atoms with Gasteiger partial charge in [-0.15, -0.1) is 0 Å². The van der Waals surface area contributed by atoms with E-state index in [2.05, 4.69) is 15.3 Å². The lowest BCUT2D eigenvalue weighted by atomic mass is 10.3. The number of nitrogens with one attached hydrogen (secondary N) is 1. The highest BCUT2D eigenvalue weighted by atomic mass is 16.1. The molecule has 2 rings (SSSR count). The number of pyridine rings is 1. The van der Waals surface area contributed by atoms with Crippen LogP contribution >= 0.6 is 0 Å². The van der Waals surface area contributed by atoms with Crippen LogP contribution in [0.4, 0.5) is 5.69 Å². The Kier molecular flexibility index (Phi) is 3.34. The van der Waals surface area contributed by atoms with Crippen molar-refractivity contribution in [2.24, 2.45) is 0 Å². The van der Waals surface area contributed by atoms with Crippen LogP contribution in [0.3, 0.4) is 0 Å². The van der Waals surface area contributed by atoms with Crippen molar-refractivity contribution in [1.29, 1.82) is 0 Å². The summed E-state index contributed by atoms with van der Waals surface area (Å²) in [6.07, 6.45) is 6.70. The van der Waals surface area contributed by atoms with Crippen molar-refractivity contribution in [2.45, 2.75) is 6.54 Å². The van der Waals surface area contributed by atoms with E-state index in [0.29, 0.717) is 24.5 Å². The van der Waals surface area contributed by atoms with E-state index >= 15 is 0 Å². The molecule has 6 nitrogen and oxygen atoms in total. The Balaban J connectivity index is 1.83. The first-order valence-corrected chi connectivity index (χ1v) is 5.21. The molecule has 0 saturated heterocycles. The Morgan fingerprint density at radius 2 is 2.35 bits per heavy atom. The summed E-state index contributed by atoms with van der Waals surface area (Å²) in [7, 11) is 0. The number of hydrogen-bond acceptors (Lipinski definition) is 4. The topological polar surface area (TPSA) is 85.8 Å². The van der Waals surface area contributed by atoms with Crippen LogP contribution in [0.15, 0.2) is 37.1 Å². The average Bonchev–Trinajstić information content (AvgIpc) is 2.83. The minimum absolute atomic E-state index is 0.204. The molecule has 17 heavy (non-hydrogen) atoms. The molecule has 0 aliphatic heterocycles. The zero-order valence-electron chi connectivity index (χ0n) is 9.21. The van der Waals surface area contributed by atoms with Gasteiger partial charge in [0.25, 0.3) is 5.91 Å². The minimum Gasteiger partial charge on any atom is -0.397 e. The van der Waals surface area contributed by atoms with Crippen LogP contribution in [-0.2, 0) is 6.54 Å². The largest absolute Gasteiger partial charge is 0.397 e. The van der Waals surface area contributed by atoms with E-state index in [0.717, 1.165) is 0 Å². The molecule has 3 N–H and O–H groups in total. The third kappa shape index (κ3) is 3.04. The summed E-state index contributed by atoms with van der Waals surface area (Å²) in [5.41, 5.74) is 6.39. The first kappa shape index (κ1) is 11.1. The van der Waals surface area contributed by atoms with Gasteiger partial charge in [0.05, 0.1) is 18.2 Å². The van der Waals surface area contributed by atoms with Crippen LogP contribution in [0.25, 0.3) is 0 Å². The molecule has 88 valence electrons. The predicted octanol–water partition coefficient (Wildman–Crippen LogP) is 0.290. The molecule has 1 amide bonds. The molecule has 2 aromatic rings. The molecule has 0 aromatic carbocycles. The number of amides is 1. The molecule has 0 radical (unpaired) electrons. The van der Waals surface area contributed by atoms with Gasteiger partial charge in [-0.25, -0.2) is 9.97 Å². The summed E-state index contributed by atoms with van der Waals surface area (Å²) >= 11 is 0. The van der Waals surface area contributed by atoms with Crippen molar-refractivity contribution in [3.63, 3.8) is 0 Å². The SMILES string of the molecule is Nc1ccc(C(=O)NCCn2ccnc2)nc1. The zero-order chi connectivity index (χ0) is 12.1. The molecule has 0 aliphatic rings. The highest BCUT2D eigenvalue weighted by Crippen LogP contribution is 2.00. The normalized spacial score (nSPS) is 10.1. The maximum Gasteiger partial charge on any atom is 0.269 e. The summed E-state index contributed by atoms with van der Waals surface area (Å²) < 4.78 is 1.89. The van der Waals surface area contributed by atoms with Crippen LogP contribution in [-0.4, -0.2) is 27.0 Å². The number of nitrogens with zero attached hydrogens (tertiary/aromatic N) is 3. The molecular formula is C11H13N5O. The van der Waals surface area contributed by atoms with E-state index in [1.54, 1.807) is 24.7 Å². The van der Waals surface area contributed by atoms with Crippen molar-refractivity contribution in [2.75, 3.05) is 12.3 Å². The first-order valence-electron chi connectivity index (χ1n) is 5.21. The van der Waals surface area contributed by atoms with Gasteiger partial charge >= 0.3 is 0 Å². The highest BCUT2D eigenvalue weighted by Gasteiger charge is 2.05. The van der Waals surface area contributed by atoms with Gasteiger partial charge in [-0.2, -0.15) is 0 Å². The summed E-state index contributed by atoms with van der Waals surface area (Å²) in [6.45, 7) is 1.21. The molecule has 0 saturated carbocycles. The maximum absolute atomic E-state index is 11.6. The molecule has 0 bridgehead atoms. The Bertz CT molecular complexity index is 477. The average molecular weight is 231 g/mol. The lowest BCUT2D eigenvalue weighted by Gasteiger charge is -2.05. The van der Waals surface area contributed by atoms with Gasteiger partial charge < -0.3 is 15.6 Å². The second-order valence-electron chi connectivity index (χ2n) is 3.53. The van der Waals surface area contributed by atoms with E-state index in [4.69, 9.17) is 5.73 Å². The number of carbonyl (C=O) groups excluding carboxylic acids is 1. The molecule has 6 heteroatoms. The fraction of sp³-hybridized carbons (Fsp3) is 0.182. The van der Waals surface area contributed by atoms with Crippen molar-refractivity contribution < 1.29 is 4.79 Å². The van der Waals surface area contributed by atoms with Crippen molar-refractivity contribution in [3.8, 4) is 0 Å². The van der Waals surface area contributed by atoms with E-state index in [9.17, 15) is 4.79 Å². The second kappa shape index (κ2) is 5.11. The number of rotatable bonds is 4. The fourth-order valence-electron chi connectivity index (χ4n) is 1.35. The van der Waals surface area contributed by atoms with Crippen LogP contribution < -0.4 is 11.1 Å². The standard InChI is InChI=1S/C11H13N5O/c12-9-1-2-10(15-7-9)11(17)14-4-6-16-5-3-13-8-16/h1-3,5,7-8H,4,6,12H2,(H,14,17). The Morgan fingerprint density at radius 1 is 1.47 bits per heavy atom. The Labute approximate surface area is 98.5 Å². The van der Waals surface area contributed by atoms with Crippen LogP contribution in [0.2, 0.25) is 0 Å². The highest BCUT2D eigenvalue weighted by molar-refractivity contribution is 5.92. The third-order valence-electron chi connectivity index (χ3n) is 2.23.